The number of nitrogens with zero attached hydrogens (tertiary/aromatic N) is 1. The lowest BCUT2D eigenvalue weighted by Crippen LogP contribution is -2.54. The first-order valence-corrected chi connectivity index (χ1v) is 8.35. The molecular formula is C18H28ClN3O2. The molecule has 2 N–H and O–H groups in total. The number of benzene rings is 1. The van der Waals surface area contributed by atoms with Crippen molar-refractivity contribution in [2.75, 3.05) is 26.2 Å². The van der Waals surface area contributed by atoms with E-state index in [9.17, 15) is 9.59 Å². The molecule has 1 aromatic rings. The Hall–Kier alpha value is -1.59. The van der Waals surface area contributed by atoms with Crippen LogP contribution in [0.25, 0.3) is 0 Å². The van der Waals surface area contributed by atoms with E-state index < -0.39 is 6.04 Å². The lowest BCUT2D eigenvalue weighted by Gasteiger charge is -2.32. The maximum Gasteiger partial charge on any atom is 0.252 e. The number of rotatable bonds is 5. The number of aryl methyl sites for hydroxylation is 1. The fourth-order valence-electron chi connectivity index (χ4n) is 2.86. The first-order valence-electron chi connectivity index (χ1n) is 8.35. The first-order chi connectivity index (χ1) is 11.0. The Morgan fingerprint density at radius 2 is 1.83 bits per heavy atom. The maximum absolute atomic E-state index is 12.8. The predicted octanol–water partition coefficient (Wildman–Crippen LogP) is 1.99. The average Bonchev–Trinajstić information content (AvgIpc) is 2.54. The van der Waals surface area contributed by atoms with Crippen molar-refractivity contribution < 1.29 is 9.59 Å². The van der Waals surface area contributed by atoms with Crippen molar-refractivity contribution in [2.24, 2.45) is 5.92 Å². The molecule has 1 aliphatic rings. The summed E-state index contributed by atoms with van der Waals surface area (Å²) in [6.45, 7) is 9.07. The Balaban J connectivity index is 0.00000288. The summed E-state index contributed by atoms with van der Waals surface area (Å²) in [6, 6.07) is 7.00. The van der Waals surface area contributed by atoms with Crippen molar-refractivity contribution in [3.8, 4) is 0 Å². The summed E-state index contributed by atoms with van der Waals surface area (Å²) >= 11 is 0. The predicted molar refractivity (Wildman–Crippen MR) is 98.6 cm³/mol. The first kappa shape index (κ1) is 20.5. The van der Waals surface area contributed by atoms with E-state index in [0.29, 0.717) is 31.0 Å². The summed E-state index contributed by atoms with van der Waals surface area (Å²) in [7, 11) is 0. The van der Waals surface area contributed by atoms with E-state index in [2.05, 4.69) is 24.5 Å². The zero-order valence-corrected chi connectivity index (χ0v) is 15.5. The van der Waals surface area contributed by atoms with Gasteiger partial charge in [0.25, 0.3) is 5.91 Å². The fourth-order valence-corrected chi connectivity index (χ4v) is 2.86. The largest absolute Gasteiger partial charge is 0.340 e. The number of piperazine rings is 1. The molecule has 1 fully saturated rings. The molecule has 1 aliphatic heterocycles. The monoisotopic (exact) mass is 353 g/mol. The molecule has 1 aromatic carbocycles. The molecular weight excluding hydrogens is 326 g/mol. The van der Waals surface area contributed by atoms with E-state index in [1.54, 1.807) is 6.07 Å². The highest BCUT2D eigenvalue weighted by Crippen LogP contribution is 2.12. The molecule has 0 spiro atoms. The van der Waals surface area contributed by atoms with Gasteiger partial charge in [0.05, 0.1) is 0 Å². The van der Waals surface area contributed by atoms with Crippen LogP contribution in [0.1, 0.15) is 36.2 Å². The second kappa shape index (κ2) is 9.64. The van der Waals surface area contributed by atoms with Gasteiger partial charge in [0.2, 0.25) is 5.91 Å². The zero-order chi connectivity index (χ0) is 16.8. The van der Waals surface area contributed by atoms with Crippen LogP contribution in [0.3, 0.4) is 0 Å². The van der Waals surface area contributed by atoms with Crippen LogP contribution in [0.5, 0.6) is 0 Å². The number of carbonyl (C=O) groups excluding carboxylic acids is 2. The molecule has 1 atom stereocenters. The number of hydrogen-bond acceptors (Lipinski definition) is 3. The summed E-state index contributed by atoms with van der Waals surface area (Å²) in [6.07, 6.45) is 0.653. The van der Waals surface area contributed by atoms with Crippen LogP contribution in [0.15, 0.2) is 24.3 Å². The van der Waals surface area contributed by atoms with Gasteiger partial charge in [-0.05, 0) is 30.9 Å². The summed E-state index contributed by atoms with van der Waals surface area (Å²) in [5.41, 5.74) is 1.55. The van der Waals surface area contributed by atoms with Gasteiger partial charge < -0.3 is 15.5 Å². The van der Waals surface area contributed by atoms with E-state index in [1.165, 1.54) is 0 Å². The third kappa shape index (κ3) is 5.49. The van der Waals surface area contributed by atoms with Gasteiger partial charge in [-0.25, -0.2) is 0 Å². The van der Waals surface area contributed by atoms with Crippen molar-refractivity contribution >= 4 is 24.2 Å². The second-order valence-corrected chi connectivity index (χ2v) is 6.55. The van der Waals surface area contributed by atoms with Gasteiger partial charge in [-0.1, -0.05) is 32.0 Å². The van der Waals surface area contributed by atoms with Crippen LogP contribution in [0.4, 0.5) is 0 Å². The Kier molecular flexibility index (Phi) is 8.22. The van der Waals surface area contributed by atoms with E-state index in [-0.39, 0.29) is 24.2 Å². The topological polar surface area (TPSA) is 61.4 Å². The maximum atomic E-state index is 12.8. The van der Waals surface area contributed by atoms with Crippen LogP contribution in [0.2, 0.25) is 0 Å². The number of hydrogen-bond donors (Lipinski definition) is 2. The van der Waals surface area contributed by atoms with E-state index in [1.807, 2.05) is 30.0 Å². The molecule has 1 unspecified atom stereocenters. The van der Waals surface area contributed by atoms with Crippen molar-refractivity contribution in [1.29, 1.82) is 0 Å². The van der Waals surface area contributed by atoms with E-state index >= 15 is 0 Å². The SMILES string of the molecule is Cc1ccccc1C(=O)NC(CC(C)C)C(=O)N1CCNCC1.Cl. The third-order valence-electron chi connectivity index (χ3n) is 4.13. The molecule has 0 saturated carbocycles. The van der Waals surface area contributed by atoms with Crippen molar-refractivity contribution in [2.45, 2.75) is 33.2 Å². The van der Waals surface area contributed by atoms with Gasteiger partial charge in [-0.3, -0.25) is 9.59 Å². The van der Waals surface area contributed by atoms with Crippen molar-refractivity contribution in [1.82, 2.24) is 15.5 Å². The standard InChI is InChI=1S/C18H27N3O2.ClH/c1-13(2)12-16(18(23)21-10-8-19-9-11-21)20-17(22)15-7-5-4-6-14(15)3;/h4-7,13,16,19H,8-12H2,1-3H3,(H,20,22);1H. The van der Waals surface area contributed by atoms with Crippen molar-refractivity contribution in [3.05, 3.63) is 35.4 Å². The number of nitrogens with one attached hydrogen (secondary N) is 2. The average molecular weight is 354 g/mol. The summed E-state index contributed by atoms with van der Waals surface area (Å²) in [5, 5.41) is 6.19. The van der Waals surface area contributed by atoms with Crippen LogP contribution >= 0.6 is 12.4 Å². The molecule has 1 saturated heterocycles. The minimum absolute atomic E-state index is 0. The normalized spacial score (nSPS) is 15.6. The van der Waals surface area contributed by atoms with Gasteiger partial charge in [0, 0.05) is 31.7 Å². The molecule has 2 rings (SSSR count). The highest BCUT2D eigenvalue weighted by molar-refractivity contribution is 5.98. The number of amides is 2. The summed E-state index contributed by atoms with van der Waals surface area (Å²) < 4.78 is 0. The number of carbonyl (C=O) groups is 2. The van der Waals surface area contributed by atoms with E-state index in [4.69, 9.17) is 0 Å². The molecule has 2 amide bonds. The molecule has 0 bridgehead atoms. The molecule has 24 heavy (non-hydrogen) atoms. The minimum atomic E-state index is -0.458. The molecule has 5 nitrogen and oxygen atoms in total. The fraction of sp³-hybridized carbons (Fsp3) is 0.556. The molecule has 6 heteroatoms. The lowest BCUT2D eigenvalue weighted by molar-refractivity contribution is -0.134. The Labute approximate surface area is 150 Å². The second-order valence-electron chi connectivity index (χ2n) is 6.55. The summed E-state index contributed by atoms with van der Waals surface area (Å²) in [5.74, 6) is 0.198. The van der Waals surface area contributed by atoms with Crippen LogP contribution < -0.4 is 10.6 Å². The van der Waals surface area contributed by atoms with Crippen LogP contribution in [0, 0.1) is 12.8 Å². The molecule has 0 aromatic heterocycles. The highest BCUT2D eigenvalue weighted by Gasteiger charge is 2.28. The molecule has 1 heterocycles. The van der Waals surface area contributed by atoms with Gasteiger partial charge in [-0.2, -0.15) is 0 Å². The number of halogens is 1. The zero-order valence-electron chi connectivity index (χ0n) is 14.7. The Bertz CT molecular complexity index is 557. The van der Waals surface area contributed by atoms with Crippen LogP contribution in [-0.4, -0.2) is 48.9 Å². The Morgan fingerprint density at radius 1 is 1.21 bits per heavy atom. The van der Waals surface area contributed by atoms with Gasteiger partial charge >= 0.3 is 0 Å². The molecule has 0 aliphatic carbocycles. The smallest absolute Gasteiger partial charge is 0.252 e. The summed E-state index contributed by atoms with van der Waals surface area (Å²) in [4.78, 5) is 27.2. The van der Waals surface area contributed by atoms with Gasteiger partial charge in [-0.15, -0.1) is 12.4 Å². The van der Waals surface area contributed by atoms with E-state index in [0.717, 1.165) is 18.7 Å². The molecule has 134 valence electrons. The van der Waals surface area contributed by atoms with Gasteiger partial charge in [0.1, 0.15) is 6.04 Å². The molecule has 0 radical (unpaired) electrons. The van der Waals surface area contributed by atoms with Gasteiger partial charge in [0.15, 0.2) is 0 Å². The van der Waals surface area contributed by atoms with Crippen molar-refractivity contribution in [3.63, 3.8) is 0 Å². The highest BCUT2D eigenvalue weighted by atomic mass is 35.5. The minimum Gasteiger partial charge on any atom is -0.340 e. The lowest BCUT2D eigenvalue weighted by atomic mass is 10.0. The quantitative estimate of drug-likeness (QED) is 0.851. The van der Waals surface area contributed by atoms with Crippen LogP contribution in [-0.2, 0) is 4.79 Å². The third-order valence-corrected chi connectivity index (χ3v) is 4.13. The Morgan fingerprint density at radius 3 is 2.42 bits per heavy atom.